The van der Waals surface area contributed by atoms with E-state index < -0.39 is 0 Å². The van der Waals surface area contributed by atoms with Gasteiger partial charge >= 0.3 is 6.03 Å². The Kier molecular flexibility index (Phi) is 1.58. The fraction of sp³-hybridized carbons (Fsp3) is 0.125. The molecule has 1 aromatic carbocycles. The molecule has 3 nitrogen and oxygen atoms in total. The van der Waals surface area contributed by atoms with E-state index in [1.165, 1.54) is 4.90 Å². The van der Waals surface area contributed by atoms with Crippen molar-refractivity contribution < 1.29 is 4.79 Å². The van der Waals surface area contributed by atoms with E-state index in [4.69, 9.17) is 0 Å². The zero-order chi connectivity index (χ0) is 8.72. The first kappa shape index (κ1) is 7.61. The Morgan fingerprint density at radius 2 is 2.25 bits per heavy atom. The van der Waals surface area contributed by atoms with Crippen LogP contribution in [0.5, 0.6) is 0 Å². The van der Waals surface area contributed by atoms with Crippen molar-refractivity contribution in [3.8, 4) is 0 Å². The van der Waals surface area contributed by atoms with Crippen molar-refractivity contribution in [2.75, 3.05) is 11.9 Å². The van der Waals surface area contributed by atoms with E-state index in [2.05, 4.69) is 21.2 Å². The van der Waals surface area contributed by atoms with E-state index >= 15 is 0 Å². The monoisotopic (exact) mass is 225 g/mol. The molecule has 2 rings (SSSR count). The second kappa shape index (κ2) is 2.48. The number of hydrogen-bond acceptors (Lipinski definition) is 1. The third-order valence-electron chi connectivity index (χ3n) is 1.80. The number of nitrogens with zero attached hydrogens (tertiary/aromatic N) is 2. The van der Waals surface area contributed by atoms with Crippen LogP contribution in [0.15, 0.2) is 22.7 Å². The molecule has 0 atom stereocenters. The van der Waals surface area contributed by atoms with E-state index in [0.717, 1.165) is 15.8 Å². The average molecular weight is 226 g/mol. The van der Waals surface area contributed by atoms with Gasteiger partial charge in [-0.2, -0.15) is 5.32 Å². The smallest absolute Gasteiger partial charge is 0.293 e. The molecule has 61 valence electrons. The largest absolute Gasteiger partial charge is 0.348 e. The highest BCUT2D eigenvalue weighted by Crippen LogP contribution is 2.33. The molecule has 1 aliphatic heterocycles. The van der Waals surface area contributed by atoms with Gasteiger partial charge < -0.3 is 0 Å². The van der Waals surface area contributed by atoms with Crippen LogP contribution in [-0.2, 0) is 0 Å². The van der Waals surface area contributed by atoms with E-state index in [1.807, 2.05) is 18.2 Å². The maximum atomic E-state index is 11.1. The van der Waals surface area contributed by atoms with Gasteiger partial charge in [0.1, 0.15) is 0 Å². The van der Waals surface area contributed by atoms with Crippen molar-refractivity contribution in [2.45, 2.75) is 0 Å². The fourth-order valence-electron chi connectivity index (χ4n) is 1.15. The Balaban J connectivity index is 2.54. The fourth-order valence-corrected chi connectivity index (χ4v) is 1.50. The minimum absolute atomic E-state index is 0.205. The lowest BCUT2D eigenvalue weighted by molar-refractivity contribution is 0.252. The predicted octanol–water partition coefficient (Wildman–Crippen LogP) is 2.25. The molecular weight excluding hydrogens is 220 g/mol. The number of hydrogen-bond donors (Lipinski definition) is 0. The zero-order valence-corrected chi connectivity index (χ0v) is 8.00. The van der Waals surface area contributed by atoms with Gasteiger partial charge in [-0.3, -0.25) is 4.90 Å². The third kappa shape index (κ3) is 0.992. The molecule has 1 aliphatic rings. The molecule has 0 spiro atoms. The zero-order valence-electron chi connectivity index (χ0n) is 6.41. The number of anilines is 1. The minimum atomic E-state index is -0.205. The van der Waals surface area contributed by atoms with Crippen LogP contribution in [0.1, 0.15) is 0 Å². The third-order valence-corrected chi connectivity index (χ3v) is 2.30. The Bertz CT molecular complexity index is 351. The van der Waals surface area contributed by atoms with E-state index in [9.17, 15) is 4.79 Å². The number of rotatable bonds is 0. The van der Waals surface area contributed by atoms with Crippen LogP contribution in [0.4, 0.5) is 16.2 Å². The highest BCUT2D eigenvalue weighted by atomic mass is 79.9. The van der Waals surface area contributed by atoms with Gasteiger partial charge in [-0.1, -0.05) is 15.9 Å². The summed E-state index contributed by atoms with van der Waals surface area (Å²) in [7, 11) is 1.71. The van der Waals surface area contributed by atoms with Gasteiger partial charge in [0, 0.05) is 11.5 Å². The lowest BCUT2D eigenvalue weighted by Gasteiger charge is -2.05. The summed E-state index contributed by atoms with van der Waals surface area (Å²) < 4.78 is 0.938. The molecule has 0 N–H and O–H groups in total. The van der Waals surface area contributed by atoms with Crippen molar-refractivity contribution in [3.05, 3.63) is 22.7 Å². The number of halogens is 1. The molecule has 1 heterocycles. The molecule has 0 saturated carbocycles. The molecule has 0 aliphatic carbocycles. The summed E-state index contributed by atoms with van der Waals surface area (Å²) in [5, 5.41) is 3.85. The molecule has 0 aromatic heterocycles. The minimum Gasteiger partial charge on any atom is -0.293 e. The van der Waals surface area contributed by atoms with Crippen molar-refractivity contribution in [1.82, 2.24) is 5.32 Å². The number of carbonyl (C=O) groups excluding carboxylic acids is 1. The molecular formula is C8H6BrN2O. The van der Waals surface area contributed by atoms with E-state index in [0.29, 0.717) is 0 Å². The molecule has 0 unspecified atom stereocenters. The standard InChI is InChI=1S/C8H6BrN2O/c1-11-7-3-2-5(9)4-6(7)10-8(11)12/h2-4H,1H3. The first-order chi connectivity index (χ1) is 5.68. The normalized spacial score (nSPS) is 14.5. The Hall–Kier alpha value is -1.03. The SMILES string of the molecule is CN1C(=O)[N]c2cc(Br)ccc21. The molecule has 0 fully saturated rings. The van der Waals surface area contributed by atoms with Gasteiger partial charge in [-0.25, -0.2) is 4.79 Å². The van der Waals surface area contributed by atoms with Crippen molar-refractivity contribution in [2.24, 2.45) is 0 Å². The summed E-state index contributed by atoms with van der Waals surface area (Å²) in [5.41, 5.74) is 1.60. The van der Waals surface area contributed by atoms with Gasteiger partial charge in [-0.15, -0.1) is 0 Å². The molecule has 0 bridgehead atoms. The van der Waals surface area contributed by atoms with Crippen LogP contribution >= 0.6 is 15.9 Å². The van der Waals surface area contributed by atoms with Crippen LogP contribution in [0.3, 0.4) is 0 Å². The van der Waals surface area contributed by atoms with E-state index in [-0.39, 0.29) is 6.03 Å². The molecule has 2 amide bonds. The maximum Gasteiger partial charge on any atom is 0.348 e. The van der Waals surface area contributed by atoms with E-state index in [1.54, 1.807) is 7.05 Å². The van der Waals surface area contributed by atoms with Gasteiger partial charge in [0.05, 0.1) is 11.4 Å². The second-order valence-electron chi connectivity index (χ2n) is 2.59. The average Bonchev–Trinajstić information content (AvgIpc) is 2.28. The maximum absolute atomic E-state index is 11.1. The van der Waals surface area contributed by atoms with Crippen molar-refractivity contribution in [3.63, 3.8) is 0 Å². The van der Waals surface area contributed by atoms with Crippen molar-refractivity contribution >= 4 is 33.3 Å². The summed E-state index contributed by atoms with van der Waals surface area (Å²) in [6.07, 6.45) is 0. The highest BCUT2D eigenvalue weighted by Gasteiger charge is 2.24. The summed E-state index contributed by atoms with van der Waals surface area (Å²) in [6.45, 7) is 0. The Morgan fingerprint density at radius 1 is 1.50 bits per heavy atom. The Labute approximate surface area is 78.5 Å². The number of amides is 2. The van der Waals surface area contributed by atoms with Crippen LogP contribution in [-0.4, -0.2) is 13.1 Å². The van der Waals surface area contributed by atoms with Crippen LogP contribution in [0.25, 0.3) is 0 Å². The Morgan fingerprint density at radius 3 is 3.00 bits per heavy atom. The van der Waals surface area contributed by atoms with Gasteiger partial charge in [0.15, 0.2) is 0 Å². The first-order valence-corrected chi connectivity index (χ1v) is 4.27. The summed E-state index contributed by atoms with van der Waals surface area (Å²) in [5.74, 6) is 0. The lowest BCUT2D eigenvalue weighted by atomic mass is 10.3. The first-order valence-electron chi connectivity index (χ1n) is 3.47. The molecule has 4 heteroatoms. The van der Waals surface area contributed by atoms with Crippen LogP contribution < -0.4 is 10.2 Å². The lowest BCUT2D eigenvalue weighted by Crippen LogP contribution is -2.22. The van der Waals surface area contributed by atoms with Crippen LogP contribution in [0, 0.1) is 0 Å². The summed E-state index contributed by atoms with van der Waals surface area (Å²) in [6, 6.07) is 5.39. The molecule has 1 aromatic rings. The second-order valence-corrected chi connectivity index (χ2v) is 3.50. The van der Waals surface area contributed by atoms with Gasteiger partial charge in [-0.05, 0) is 18.2 Å². The quantitative estimate of drug-likeness (QED) is 0.668. The molecule has 12 heavy (non-hydrogen) atoms. The van der Waals surface area contributed by atoms with Gasteiger partial charge in [0.25, 0.3) is 0 Å². The highest BCUT2D eigenvalue weighted by molar-refractivity contribution is 9.10. The number of fused-ring (bicyclic) bond motifs is 1. The number of urea groups is 1. The number of carbonyl (C=O) groups is 1. The summed E-state index contributed by atoms with van der Waals surface area (Å²) in [4.78, 5) is 12.6. The number of benzene rings is 1. The molecule has 0 saturated heterocycles. The van der Waals surface area contributed by atoms with Gasteiger partial charge in [0.2, 0.25) is 0 Å². The predicted molar refractivity (Wildman–Crippen MR) is 49.7 cm³/mol. The van der Waals surface area contributed by atoms with Crippen molar-refractivity contribution in [1.29, 1.82) is 0 Å². The van der Waals surface area contributed by atoms with Crippen LogP contribution in [0.2, 0.25) is 0 Å². The topological polar surface area (TPSA) is 34.4 Å². The molecule has 1 radical (unpaired) electrons. The summed E-state index contributed by atoms with van der Waals surface area (Å²) >= 11 is 3.31.